The Kier molecular flexibility index (Phi) is 4.66. The van der Waals surface area contributed by atoms with Gasteiger partial charge in [-0.1, -0.05) is 33.1 Å². The lowest BCUT2D eigenvalue weighted by atomic mass is 10.0. The standard InChI is InChI=1S/C15H28N2O/c1-4-6-14-15(18)17(12(3)16-14)13-8-5-7-11(2)9-10-13/h11-14,16H,4-10H2,1-3H3. The molecule has 1 saturated heterocycles. The number of hydrogen-bond donors (Lipinski definition) is 1. The van der Waals surface area contributed by atoms with Crippen LogP contribution >= 0.6 is 0 Å². The summed E-state index contributed by atoms with van der Waals surface area (Å²) >= 11 is 0. The maximum atomic E-state index is 12.5. The molecule has 18 heavy (non-hydrogen) atoms. The Morgan fingerprint density at radius 1 is 1.22 bits per heavy atom. The molecule has 1 N–H and O–H groups in total. The van der Waals surface area contributed by atoms with Gasteiger partial charge in [0.25, 0.3) is 0 Å². The number of nitrogens with one attached hydrogen (secondary N) is 1. The highest BCUT2D eigenvalue weighted by Crippen LogP contribution is 2.29. The Hall–Kier alpha value is -0.570. The summed E-state index contributed by atoms with van der Waals surface area (Å²) < 4.78 is 0. The SMILES string of the molecule is CCCC1NC(C)N(C2CCCC(C)CC2)C1=O. The molecule has 4 atom stereocenters. The summed E-state index contributed by atoms with van der Waals surface area (Å²) in [7, 11) is 0. The van der Waals surface area contributed by atoms with E-state index >= 15 is 0 Å². The molecule has 1 saturated carbocycles. The van der Waals surface area contributed by atoms with Crippen LogP contribution in [-0.4, -0.2) is 29.1 Å². The minimum Gasteiger partial charge on any atom is -0.323 e. The summed E-state index contributed by atoms with van der Waals surface area (Å²) in [5.74, 6) is 1.19. The zero-order valence-electron chi connectivity index (χ0n) is 12.1. The van der Waals surface area contributed by atoms with Gasteiger partial charge in [0.2, 0.25) is 5.91 Å². The van der Waals surface area contributed by atoms with Crippen molar-refractivity contribution in [2.75, 3.05) is 0 Å². The van der Waals surface area contributed by atoms with E-state index in [9.17, 15) is 4.79 Å². The molecule has 0 aromatic rings. The second-order valence-corrected chi connectivity index (χ2v) is 6.20. The van der Waals surface area contributed by atoms with Gasteiger partial charge >= 0.3 is 0 Å². The molecule has 0 aromatic heterocycles. The zero-order valence-corrected chi connectivity index (χ0v) is 12.1. The molecule has 104 valence electrons. The number of carbonyl (C=O) groups is 1. The first-order valence-corrected chi connectivity index (χ1v) is 7.71. The van der Waals surface area contributed by atoms with Gasteiger partial charge in [0, 0.05) is 6.04 Å². The fraction of sp³-hybridized carbons (Fsp3) is 0.933. The predicted octanol–water partition coefficient (Wildman–Crippen LogP) is 2.90. The Morgan fingerprint density at radius 2 is 2.00 bits per heavy atom. The largest absolute Gasteiger partial charge is 0.323 e. The van der Waals surface area contributed by atoms with E-state index < -0.39 is 0 Å². The van der Waals surface area contributed by atoms with Gasteiger partial charge in [-0.2, -0.15) is 0 Å². The van der Waals surface area contributed by atoms with Gasteiger partial charge < -0.3 is 4.90 Å². The highest BCUT2D eigenvalue weighted by molar-refractivity contribution is 5.84. The van der Waals surface area contributed by atoms with Crippen molar-refractivity contribution in [3.05, 3.63) is 0 Å². The van der Waals surface area contributed by atoms with Gasteiger partial charge in [0.05, 0.1) is 12.2 Å². The summed E-state index contributed by atoms with van der Waals surface area (Å²) in [6, 6.07) is 0.553. The van der Waals surface area contributed by atoms with Gasteiger partial charge in [0.15, 0.2) is 0 Å². The molecule has 3 nitrogen and oxygen atoms in total. The third-order valence-corrected chi connectivity index (χ3v) is 4.61. The van der Waals surface area contributed by atoms with Crippen molar-refractivity contribution in [2.45, 2.75) is 84.0 Å². The third-order valence-electron chi connectivity index (χ3n) is 4.61. The van der Waals surface area contributed by atoms with Crippen LogP contribution in [0.25, 0.3) is 0 Å². The van der Waals surface area contributed by atoms with Gasteiger partial charge in [-0.25, -0.2) is 0 Å². The minimum absolute atomic E-state index is 0.0747. The fourth-order valence-electron chi connectivity index (χ4n) is 3.55. The monoisotopic (exact) mass is 252 g/mol. The second-order valence-electron chi connectivity index (χ2n) is 6.20. The van der Waals surface area contributed by atoms with Crippen LogP contribution in [0.5, 0.6) is 0 Å². The molecular weight excluding hydrogens is 224 g/mol. The van der Waals surface area contributed by atoms with E-state index in [1.165, 1.54) is 32.1 Å². The van der Waals surface area contributed by atoms with E-state index in [4.69, 9.17) is 0 Å². The highest BCUT2D eigenvalue weighted by Gasteiger charge is 2.39. The van der Waals surface area contributed by atoms with Crippen molar-refractivity contribution in [1.82, 2.24) is 10.2 Å². The lowest BCUT2D eigenvalue weighted by Gasteiger charge is -2.30. The topological polar surface area (TPSA) is 32.3 Å². The van der Waals surface area contributed by atoms with E-state index in [1.54, 1.807) is 0 Å². The first kappa shape index (κ1) is 13.9. The number of hydrogen-bond acceptors (Lipinski definition) is 2. The molecule has 1 heterocycles. The van der Waals surface area contributed by atoms with E-state index in [-0.39, 0.29) is 12.2 Å². The minimum atomic E-state index is 0.0747. The fourth-order valence-corrected chi connectivity index (χ4v) is 3.55. The molecule has 3 heteroatoms. The van der Waals surface area contributed by atoms with E-state index in [2.05, 4.69) is 31.0 Å². The van der Waals surface area contributed by atoms with Crippen LogP contribution in [-0.2, 0) is 4.79 Å². The molecule has 0 spiro atoms. The number of carbonyl (C=O) groups excluding carboxylic acids is 1. The van der Waals surface area contributed by atoms with Crippen LogP contribution in [0, 0.1) is 5.92 Å². The van der Waals surface area contributed by atoms with Gasteiger partial charge in [-0.05, 0) is 38.5 Å². The van der Waals surface area contributed by atoms with Crippen LogP contribution in [0.4, 0.5) is 0 Å². The zero-order chi connectivity index (χ0) is 13.1. The summed E-state index contributed by atoms with van der Waals surface area (Å²) in [4.78, 5) is 14.6. The van der Waals surface area contributed by atoms with Crippen LogP contribution in [0.15, 0.2) is 0 Å². The molecule has 1 amide bonds. The maximum absolute atomic E-state index is 12.5. The van der Waals surface area contributed by atoms with E-state index in [0.29, 0.717) is 11.9 Å². The van der Waals surface area contributed by atoms with E-state index in [1.807, 2.05) is 0 Å². The Morgan fingerprint density at radius 3 is 2.72 bits per heavy atom. The highest BCUT2D eigenvalue weighted by atomic mass is 16.2. The van der Waals surface area contributed by atoms with Gasteiger partial charge in [-0.3, -0.25) is 10.1 Å². The Balaban J connectivity index is 2.01. The summed E-state index contributed by atoms with van der Waals surface area (Å²) in [5, 5.41) is 3.46. The molecule has 1 aliphatic heterocycles. The molecule has 0 bridgehead atoms. The quantitative estimate of drug-likeness (QED) is 0.783. The summed E-state index contributed by atoms with van der Waals surface area (Å²) in [5.41, 5.74) is 0. The number of nitrogens with zero attached hydrogens (tertiary/aromatic N) is 1. The Labute approximate surface area is 111 Å². The average molecular weight is 252 g/mol. The van der Waals surface area contributed by atoms with Crippen molar-refractivity contribution >= 4 is 5.91 Å². The normalized spacial score (nSPS) is 37.9. The molecule has 0 radical (unpaired) electrons. The van der Waals surface area contributed by atoms with Gasteiger partial charge in [0.1, 0.15) is 0 Å². The van der Waals surface area contributed by atoms with Gasteiger partial charge in [-0.15, -0.1) is 0 Å². The smallest absolute Gasteiger partial charge is 0.241 e. The molecule has 2 aliphatic rings. The average Bonchev–Trinajstić information content (AvgIpc) is 2.52. The molecule has 4 unspecified atom stereocenters. The first-order valence-electron chi connectivity index (χ1n) is 7.71. The van der Waals surface area contributed by atoms with Crippen LogP contribution in [0.1, 0.15) is 65.7 Å². The van der Waals surface area contributed by atoms with Crippen LogP contribution in [0.2, 0.25) is 0 Å². The van der Waals surface area contributed by atoms with Crippen LogP contribution in [0.3, 0.4) is 0 Å². The molecule has 2 fully saturated rings. The molecule has 1 aliphatic carbocycles. The third kappa shape index (κ3) is 2.87. The molecule has 0 aromatic carbocycles. The maximum Gasteiger partial charge on any atom is 0.241 e. The van der Waals surface area contributed by atoms with Crippen molar-refractivity contribution in [1.29, 1.82) is 0 Å². The lowest BCUT2D eigenvalue weighted by Crippen LogP contribution is -2.42. The number of amides is 1. The molecular formula is C15H28N2O. The Bertz CT molecular complexity index is 292. The molecule has 2 rings (SSSR count). The summed E-state index contributed by atoms with van der Waals surface area (Å²) in [6.07, 6.45) is 8.55. The van der Waals surface area contributed by atoms with Crippen LogP contribution < -0.4 is 5.32 Å². The van der Waals surface area contributed by atoms with Crippen molar-refractivity contribution in [2.24, 2.45) is 5.92 Å². The summed E-state index contributed by atoms with van der Waals surface area (Å²) in [6.45, 7) is 6.63. The number of rotatable bonds is 3. The van der Waals surface area contributed by atoms with Crippen molar-refractivity contribution in [3.8, 4) is 0 Å². The van der Waals surface area contributed by atoms with E-state index in [0.717, 1.165) is 18.8 Å². The second kappa shape index (κ2) is 6.05. The first-order chi connectivity index (χ1) is 8.63. The lowest BCUT2D eigenvalue weighted by molar-refractivity contribution is -0.132. The van der Waals surface area contributed by atoms with Crippen molar-refractivity contribution in [3.63, 3.8) is 0 Å². The predicted molar refractivity (Wildman–Crippen MR) is 74.2 cm³/mol. The van der Waals surface area contributed by atoms with Crippen molar-refractivity contribution < 1.29 is 4.79 Å².